The van der Waals surface area contributed by atoms with Crippen LogP contribution in [-0.4, -0.2) is 38.2 Å². The molecule has 2 fully saturated rings. The van der Waals surface area contributed by atoms with Crippen LogP contribution in [0, 0.1) is 0 Å². The van der Waals surface area contributed by atoms with Crippen LogP contribution in [0.5, 0.6) is 0 Å². The van der Waals surface area contributed by atoms with Gasteiger partial charge in [0.2, 0.25) is 0 Å². The van der Waals surface area contributed by atoms with Gasteiger partial charge < -0.3 is 10.1 Å². The SMILES string of the molecule is CS(=O)(=O)C1CCCC12COC(=O)N2. The van der Waals surface area contributed by atoms with Gasteiger partial charge in [0.05, 0.1) is 10.8 Å². The molecule has 0 aromatic carbocycles. The maximum atomic E-state index is 11.5. The molecule has 0 bridgehead atoms. The van der Waals surface area contributed by atoms with Gasteiger partial charge in [0.25, 0.3) is 0 Å². The van der Waals surface area contributed by atoms with Crippen molar-refractivity contribution in [2.75, 3.05) is 12.9 Å². The first-order chi connectivity index (χ1) is 6.44. The van der Waals surface area contributed by atoms with Gasteiger partial charge in [-0.1, -0.05) is 0 Å². The minimum absolute atomic E-state index is 0.184. The minimum Gasteiger partial charge on any atom is -0.447 e. The molecule has 2 atom stereocenters. The maximum Gasteiger partial charge on any atom is 0.407 e. The van der Waals surface area contributed by atoms with E-state index < -0.39 is 26.7 Å². The Labute approximate surface area is 82.7 Å². The first-order valence-electron chi connectivity index (χ1n) is 4.58. The summed E-state index contributed by atoms with van der Waals surface area (Å²) in [5, 5.41) is 2.16. The zero-order valence-corrected chi connectivity index (χ0v) is 8.76. The monoisotopic (exact) mass is 219 g/mol. The van der Waals surface area contributed by atoms with Gasteiger partial charge in [-0.15, -0.1) is 0 Å². The Morgan fingerprint density at radius 3 is 2.79 bits per heavy atom. The largest absolute Gasteiger partial charge is 0.447 e. The number of rotatable bonds is 1. The van der Waals surface area contributed by atoms with Crippen molar-refractivity contribution >= 4 is 15.9 Å². The molecule has 1 N–H and O–H groups in total. The van der Waals surface area contributed by atoms with Crippen molar-refractivity contribution in [1.82, 2.24) is 5.32 Å². The number of sulfone groups is 1. The summed E-state index contributed by atoms with van der Waals surface area (Å²) in [6, 6.07) is 0. The highest BCUT2D eigenvalue weighted by molar-refractivity contribution is 7.91. The Morgan fingerprint density at radius 1 is 1.57 bits per heavy atom. The molecule has 80 valence electrons. The Balaban J connectivity index is 2.31. The highest BCUT2D eigenvalue weighted by Crippen LogP contribution is 2.37. The Morgan fingerprint density at radius 2 is 2.29 bits per heavy atom. The van der Waals surface area contributed by atoms with Gasteiger partial charge in [0.15, 0.2) is 9.84 Å². The minimum atomic E-state index is -3.11. The van der Waals surface area contributed by atoms with E-state index in [0.29, 0.717) is 12.8 Å². The van der Waals surface area contributed by atoms with Crippen molar-refractivity contribution in [3.8, 4) is 0 Å². The van der Waals surface area contributed by atoms with Crippen LogP contribution in [0.15, 0.2) is 0 Å². The summed E-state index contributed by atoms with van der Waals surface area (Å²) in [4.78, 5) is 10.9. The molecule has 1 saturated heterocycles. The summed E-state index contributed by atoms with van der Waals surface area (Å²) in [5.74, 6) is 0. The van der Waals surface area contributed by atoms with E-state index in [0.717, 1.165) is 6.42 Å². The second-order valence-electron chi connectivity index (χ2n) is 4.07. The second kappa shape index (κ2) is 2.85. The summed E-state index contributed by atoms with van der Waals surface area (Å²) >= 11 is 0. The third-order valence-electron chi connectivity index (χ3n) is 3.03. The summed E-state index contributed by atoms with van der Waals surface area (Å²) in [6.07, 6.45) is 2.84. The van der Waals surface area contributed by atoms with Crippen LogP contribution >= 0.6 is 0 Å². The molecule has 1 heterocycles. The van der Waals surface area contributed by atoms with E-state index in [1.165, 1.54) is 6.26 Å². The molecule has 5 nitrogen and oxygen atoms in total. The smallest absolute Gasteiger partial charge is 0.407 e. The van der Waals surface area contributed by atoms with Crippen molar-refractivity contribution in [2.24, 2.45) is 0 Å². The molecule has 0 aromatic rings. The van der Waals surface area contributed by atoms with Gasteiger partial charge in [-0.25, -0.2) is 13.2 Å². The number of nitrogens with one attached hydrogen (secondary N) is 1. The van der Waals surface area contributed by atoms with Crippen LogP contribution in [0.3, 0.4) is 0 Å². The van der Waals surface area contributed by atoms with E-state index in [1.54, 1.807) is 0 Å². The fourth-order valence-corrected chi connectivity index (χ4v) is 4.10. The van der Waals surface area contributed by atoms with E-state index in [1.807, 2.05) is 0 Å². The van der Waals surface area contributed by atoms with Gasteiger partial charge in [-0.05, 0) is 19.3 Å². The van der Waals surface area contributed by atoms with Crippen molar-refractivity contribution in [1.29, 1.82) is 0 Å². The lowest BCUT2D eigenvalue weighted by atomic mass is 10.00. The Hall–Kier alpha value is -0.780. The maximum absolute atomic E-state index is 11.5. The van der Waals surface area contributed by atoms with Gasteiger partial charge >= 0.3 is 6.09 Å². The number of carbonyl (C=O) groups is 1. The summed E-state index contributed by atoms with van der Waals surface area (Å²) in [7, 11) is -3.11. The number of alkyl carbamates (subject to hydrolysis) is 1. The molecule has 6 heteroatoms. The molecule has 1 amide bonds. The average molecular weight is 219 g/mol. The van der Waals surface area contributed by atoms with Crippen LogP contribution in [0.25, 0.3) is 0 Å². The molecule has 14 heavy (non-hydrogen) atoms. The molecule has 0 aromatic heterocycles. The van der Waals surface area contributed by atoms with E-state index in [-0.39, 0.29) is 6.61 Å². The summed E-state index contributed by atoms with van der Waals surface area (Å²) < 4.78 is 27.8. The lowest BCUT2D eigenvalue weighted by Crippen LogP contribution is -2.52. The Kier molecular flexibility index (Phi) is 1.99. The van der Waals surface area contributed by atoms with Crippen molar-refractivity contribution < 1.29 is 17.9 Å². The topological polar surface area (TPSA) is 72.5 Å². The molecule has 1 spiro atoms. The number of carbonyl (C=O) groups excluding carboxylic acids is 1. The first-order valence-corrected chi connectivity index (χ1v) is 6.53. The van der Waals surface area contributed by atoms with Crippen LogP contribution in [0.1, 0.15) is 19.3 Å². The number of hydrogen-bond donors (Lipinski definition) is 1. The summed E-state index contributed by atoms with van der Waals surface area (Å²) in [6.45, 7) is 0.184. The molecule has 1 aliphatic heterocycles. The highest BCUT2D eigenvalue weighted by atomic mass is 32.2. The standard InChI is InChI=1S/C8H13NO4S/c1-14(11,12)6-3-2-4-8(6)5-13-7(10)9-8/h6H,2-5H2,1H3,(H,9,10). The van der Waals surface area contributed by atoms with Gasteiger partial charge in [0, 0.05) is 6.26 Å². The molecule has 2 aliphatic rings. The Bertz CT molecular complexity index is 364. The summed E-state index contributed by atoms with van der Waals surface area (Å²) in [5.41, 5.74) is -0.648. The third-order valence-corrected chi connectivity index (χ3v) is 4.75. The van der Waals surface area contributed by atoms with E-state index in [2.05, 4.69) is 5.32 Å². The first kappa shape index (κ1) is 9.76. The van der Waals surface area contributed by atoms with Gasteiger partial charge in [0.1, 0.15) is 6.61 Å². The predicted octanol–water partition coefficient (Wildman–Crippen LogP) is 0.0621. The third kappa shape index (κ3) is 1.37. The van der Waals surface area contributed by atoms with E-state index >= 15 is 0 Å². The van der Waals surface area contributed by atoms with E-state index in [4.69, 9.17) is 4.74 Å². The van der Waals surface area contributed by atoms with Crippen LogP contribution in [-0.2, 0) is 14.6 Å². The lowest BCUT2D eigenvalue weighted by Gasteiger charge is -2.26. The quantitative estimate of drug-likeness (QED) is 0.677. The van der Waals surface area contributed by atoms with Gasteiger partial charge in [-0.2, -0.15) is 0 Å². The van der Waals surface area contributed by atoms with Crippen molar-refractivity contribution in [3.63, 3.8) is 0 Å². The van der Waals surface area contributed by atoms with Crippen molar-refractivity contribution in [3.05, 3.63) is 0 Å². The van der Waals surface area contributed by atoms with Crippen LogP contribution < -0.4 is 5.32 Å². The van der Waals surface area contributed by atoms with Crippen LogP contribution in [0.2, 0.25) is 0 Å². The fraction of sp³-hybridized carbons (Fsp3) is 0.875. The molecular weight excluding hydrogens is 206 g/mol. The number of cyclic esters (lactones) is 1. The number of ether oxygens (including phenoxy) is 1. The zero-order chi connectivity index (χ0) is 10.4. The average Bonchev–Trinajstić information content (AvgIpc) is 2.59. The molecule has 1 saturated carbocycles. The predicted molar refractivity (Wildman–Crippen MR) is 49.7 cm³/mol. The second-order valence-corrected chi connectivity index (χ2v) is 6.30. The van der Waals surface area contributed by atoms with Gasteiger partial charge in [-0.3, -0.25) is 0 Å². The molecule has 0 radical (unpaired) electrons. The van der Waals surface area contributed by atoms with Crippen molar-refractivity contribution in [2.45, 2.75) is 30.1 Å². The fourth-order valence-electron chi connectivity index (χ4n) is 2.44. The molecule has 1 aliphatic carbocycles. The normalized spacial score (nSPS) is 37.2. The van der Waals surface area contributed by atoms with E-state index in [9.17, 15) is 13.2 Å². The number of amides is 1. The lowest BCUT2D eigenvalue weighted by molar-refractivity contribution is 0.172. The highest BCUT2D eigenvalue weighted by Gasteiger charge is 2.53. The molecule has 2 rings (SSSR count). The number of hydrogen-bond acceptors (Lipinski definition) is 4. The zero-order valence-electron chi connectivity index (χ0n) is 7.95. The molecule has 2 unspecified atom stereocenters. The van der Waals surface area contributed by atoms with Crippen LogP contribution in [0.4, 0.5) is 4.79 Å². The molecular formula is C8H13NO4S.